The summed E-state index contributed by atoms with van der Waals surface area (Å²) in [7, 11) is -2.53. The molecular weight excluding hydrogens is 732 g/mol. The van der Waals surface area contributed by atoms with Gasteiger partial charge in [0.2, 0.25) is 0 Å². The van der Waals surface area contributed by atoms with E-state index >= 15 is 8.78 Å². The van der Waals surface area contributed by atoms with Crippen LogP contribution in [-0.4, -0.2) is 125 Å². The van der Waals surface area contributed by atoms with E-state index in [4.69, 9.17) is 4.74 Å². The SMILES string of the molecule is CC#CC(=O)N1CC[C@H](S(=O)(=O)c2ccc(N3CC(F)(CN4CCC(C(CN5CCC5)(c5cccc(F)c5)[C@H]5CCC[C@@H]5NC(=O)OC)CC4)C3)c(F)c2)C1. The molecule has 0 bridgehead atoms. The van der Waals surface area contributed by atoms with E-state index in [0.29, 0.717) is 13.1 Å². The third-order valence-electron chi connectivity index (χ3n) is 12.9. The van der Waals surface area contributed by atoms with Crippen LogP contribution in [0.5, 0.6) is 0 Å². The molecule has 4 atom stereocenters. The van der Waals surface area contributed by atoms with E-state index in [9.17, 15) is 22.4 Å². The molecule has 2 aromatic carbocycles. The number of hydrogen-bond acceptors (Lipinski definition) is 8. The number of alkyl halides is 1. The Balaban J connectivity index is 1.01. The van der Waals surface area contributed by atoms with Gasteiger partial charge in [-0.05, 0) is 125 Å². The average Bonchev–Trinajstić information content (AvgIpc) is 3.82. The highest BCUT2D eigenvalue weighted by Crippen LogP contribution is 2.52. The number of benzene rings is 2. The number of hydrogen-bond donors (Lipinski definition) is 1. The molecule has 55 heavy (non-hydrogen) atoms. The fraction of sp³-hybridized carbons (Fsp3) is 0.610. The Morgan fingerprint density at radius 3 is 2.38 bits per heavy atom. The number of sulfone groups is 1. The van der Waals surface area contributed by atoms with Gasteiger partial charge in [0.1, 0.15) is 11.6 Å². The van der Waals surface area contributed by atoms with Crippen LogP contribution in [-0.2, 0) is 24.8 Å². The van der Waals surface area contributed by atoms with Crippen molar-refractivity contribution in [2.75, 3.05) is 77.5 Å². The molecular formula is C41H52F3N5O5S. The first-order valence-electron chi connectivity index (χ1n) is 19.6. The zero-order valence-corrected chi connectivity index (χ0v) is 32.6. The van der Waals surface area contributed by atoms with Gasteiger partial charge < -0.3 is 24.8 Å². The number of rotatable bonds is 11. The number of carbonyl (C=O) groups is 2. The molecule has 4 heterocycles. The van der Waals surface area contributed by atoms with E-state index in [1.165, 1.54) is 37.1 Å². The molecule has 2 aromatic rings. The maximum Gasteiger partial charge on any atom is 0.407 e. The smallest absolute Gasteiger partial charge is 0.407 e. The van der Waals surface area contributed by atoms with Gasteiger partial charge in [0.05, 0.1) is 36.0 Å². The topological polar surface area (TPSA) is 103 Å². The van der Waals surface area contributed by atoms with Crippen LogP contribution < -0.4 is 10.2 Å². The Morgan fingerprint density at radius 1 is 0.964 bits per heavy atom. The second kappa shape index (κ2) is 16.0. The number of nitrogens with zero attached hydrogens (tertiary/aromatic N) is 4. The molecule has 4 aliphatic heterocycles. The monoisotopic (exact) mass is 783 g/mol. The fourth-order valence-electron chi connectivity index (χ4n) is 10.1. The molecule has 4 saturated heterocycles. The maximum atomic E-state index is 16.3. The van der Waals surface area contributed by atoms with Crippen LogP contribution in [0.15, 0.2) is 47.4 Å². The molecule has 14 heteroatoms. The quantitative estimate of drug-likeness (QED) is 0.326. The fourth-order valence-corrected chi connectivity index (χ4v) is 11.8. The minimum Gasteiger partial charge on any atom is -0.453 e. The van der Waals surface area contributed by atoms with Crippen LogP contribution in [0.3, 0.4) is 0 Å². The van der Waals surface area contributed by atoms with Crippen molar-refractivity contribution >= 4 is 27.5 Å². The molecule has 1 saturated carbocycles. The highest BCUT2D eigenvalue weighted by atomic mass is 32.2. The van der Waals surface area contributed by atoms with Gasteiger partial charge in [-0.1, -0.05) is 24.5 Å². The van der Waals surface area contributed by atoms with Gasteiger partial charge in [0.25, 0.3) is 5.91 Å². The van der Waals surface area contributed by atoms with Crippen LogP contribution >= 0.6 is 0 Å². The van der Waals surface area contributed by atoms with Crippen molar-refractivity contribution in [2.24, 2.45) is 11.8 Å². The van der Waals surface area contributed by atoms with Gasteiger partial charge in [-0.15, -0.1) is 0 Å². The Morgan fingerprint density at radius 2 is 1.73 bits per heavy atom. The summed E-state index contributed by atoms with van der Waals surface area (Å²) in [5.74, 6) is 3.78. The predicted octanol–water partition coefficient (Wildman–Crippen LogP) is 4.77. The van der Waals surface area contributed by atoms with Crippen LogP contribution in [0.2, 0.25) is 0 Å². The van der Waals surface area contributed by atoms with Crippen molar-refractivity contribution in [3.8, 4) is 11.8 Å². The number of alkyl carbamates (subject to hydrolysis) is 1. The first kappa shape index (κ1) is 39.4. The Bertz CT molecular complexity index is 1920. The first-order chi connectivity index (χ1) is 26.3. The minimum absolute atomic E-state index is 0.00486. The molecule has 0 radical (unpaired) electrons. The molecule has 7 rings (SSSR count). The minimum atomic E-state index is -3.90. The van der Waals surface area contributed by atoms with E-state index in [2.05, 4.69) is 27.0 Å². The zero-order valence-electron chi connectivity index (χ0n) is 31.7. The molecule has 2 amide bonds. The summed E-state index contributed by atoms with van der Waals surface area (Å²) in [5, 5.41) is 2.26. The number of ether oxygens (including phenoxy) is 1. The highest BCUT2D eigenvalue weighted by Gasteiger charge is 2.54. The van der Waals surface area contributed by atoms with Crippen molar-refractivity contribution in [1.82, 2.24) is 20.0 Å². The second-order valence-corrected chi connectivity index (χ2v) is 18.4. The lowest BCUT2D eigenvalue weighted by Crippen LogP contribution is -2.65. The lowest BCUT2D eigenvalue weighted by Gasteiger charge is -2.54. The van der Waals surface area contributed by atoms with Crippen LogP contribution in [0, 0.1) is 35.3 Å². The number of methoxy groups -OCH3 is 1. The standard InChI is InChI=1S/C41H52F3N5O5S/c1-3-7-38(50)48-21-16-33(24-48)55(52,53)32-12-13-37(35(43)23-32)49-26-40(44,27-49)25-47-19-14-29(15-20-47)41(28-46-17-6-18-46,30-8-4-9-31(42)22-30)34-10-5-11-36(34)45-39(51)54-2/h4,8-9,12-13,22-23,29,33-34,36H,5-6,10-11,14-21,24-28H2,1-2H3,(H,45,51)/t33-,34-,36-,41?/m0/s1. The number of anilines is 1. The largest absolute Gasteiger partial charge is 0.453 e. The summed E-state index contributed by atoms with van der Waals surface area (Å²) < 4.78 is 78.4. The van der Waals surface area contributed by atoms with Crippen molar-refractivity contribution < 1.29 is 35.9 Å². The lowest BCUT2D eigenvalue weighted by molar-refractivity contribution is -0.124. The molecule has 5 aliphatic rings. The molecule has 0 aromatic heterocycles. The summed E-state index contributed by atoms with van der Waals surface area (Å²) in [6, 6.07) is 10.6. The summed E-state index contributed by atoms with van der Waals surface area (Å²) in [4.78, 5) is 32.1. The van der Waals surface area contributed by atoms with Gasteiger partial charge in [0, 0.05) is 37.6 Å². The van der Waals surface area contributed by atoms with E-state index in [1.807, 2.05) is 6.07 Å². The van der Waals surface area contributed by atoms with Gasteiger partial charge in [-0.2, -0.15) is 0 Å². The average molecular weight is 784 g/mol. The molecule has 10 nitrogen and oxygen atoms in total. The van der Waals surface area contributed by atoms with Crippen molar-refractivity contribution in [3.63, 3.8) is 0 Å². The Labute approximate surface area is 322 Å². The van der Waals surface area contributed by atoms with Gasteiger partial charge in [-0.25, -0.2) is 26.4 Å². The van der Waals surface area contributed by atoms with E-state index in [-0.39, 0.29) is 73.4 Å². The third-order valence-corrected chi connectivity index (χ3v) is 15.1. The normalized spacial score (nSPS) is 25.7. The molecule has 5 fully saturated rings. The van der Waals surface area contributed by atoms with Crippen molar-refractivity contribution in [1.29, 1.82) is 0 Å². The Hall–Kier alpha value is -3.80. The molecule has 1 unspecified atom stereocenters. The van der Waals surface area contributed by atoms with Crippen molar-refractivity contribution in [3.05, 3.63) is 59.7 Å². The summed E-state index contributed by atoms with van der Waals surface area (Å²) in [5.41, 5.74) is -0.873. The molecule has 298 valence electrons. The number of nitrogens with one attached hydrogen (secondary N) is 1. The van der Waals surface area contributed by atoms with Gasteiger partial charge in [-0.3, -0.25) is 9.69 Å². The van der Waals surface area contributed by atoms with Crippen LogP contribution in [0.1, 0.15) is 57.4 Å². The number of piperidine rings is 1. The van der Waals surface area contributed by atoms with Crippen molar-refractivity contribution in [2.45, 2.75) is 79.1 Å². The van der Waals surface area contributed by atoms with E-state index < -0.39 is 44.0 Å². The van der Waals surface area contributed by atoms with Gasteiger partial charge >= 0.3 is 6.09 Å². The van der Waals surface area contributed by atoms with Crippen LogP contribution in [0.4, 0.5) is 23.7 Å². The zero-order chi connectivity index (χ0) is 39.0. The second-order valence-electron chi connectivity index (χ2n) is 16.2. The number of likely N-dealkylation sites (tertiary alicyclic amines) is 3. The predicted molar refractivity (Wildman–Crippen MR) is 203 cm³/mol. The third kappa shape index (κ3) is 7.94. The summed E-state index contributed by atoms with van der Waals surface area (Å²) in [6.07, 6.45) is 5.16. The van der Waals surface area contributed by atoms with Gasteiger partial charge in [0.15, 0.2) is 15.5 Å². The molecule has 1 N–H and O–H groups in total. The molecule has 1 aliphatic carbocycles. The maximum absolute atomic E-state index is 16.3. The number of amides is 2. The summed E-state index contributed by atoms with van der Waals surface area (Å²) in [6.45, 7) is 6.02. The van der Waals surface area contributed by atoms with Crippen LogP contribution in [0.25, 0.3) is 0 Å². The van der Waals surface area contributed by atoms with E-state index in [0.717, 1.165) is 69.8 Å². The summed E-state index contributed by atoms with van der Waals surface area (Å²) >= 11 is 0. The molecule has 0 spiro atoms. The first-order valence-corrected chi connectivity index (χ1v) is 21.1. The van der Waals surface area contributed by atoms with E-state index in [1.54, 1.807) is 17.0 Å². The lowest BCUT2D eigenvalue weighted by atomic mass is 9.57. The number of carbonyl (C=O) groups excluding carboxylic acids is 2. The Kier molecular flexibility index (Phi) is 11.5. The highest BCUT2D eigenvalue weighted by molar-refractivity contribution is 7.92. The number of halogens is 3.